The highest BCUT2D eigenvalue weighted by molar-refractivity contribution is 5.47. The van der Waals surface area contributed by atoms with Gasteiger partial charge in [-0.2, -0.15) is 4.52 Å². The SMILES string of the molecule is FC(F)c1nnc2ccc(N3CC[C@]4(CCOC4)C3)nn12. The smallest absolute Gasteiger partial charge is 0.299 e. The molecule has 8 heteroatoms. The van der Waals surface area contributed by atoms with Crippen LogP contribution in [0.4, 0.5) is 14.6 Å². The first-order valence-electron chi connectivity index (χ1n) is 7.00. The van der Waals surface area contributed by atoms with Gasteiger partial charge in [-0.25, -0.2) is 8.78 Å². The number of halogens is 2. The molecule has 6 nitrogen and oxygen atoms in total. The van der Waals surface area contributed by atoms with Crippen LogP contribution in [0.25, 0.3) is 5.65 Å². The van der Waals surface area contributed by atoms with Crippen LogP contribution in [0, 0.1) is 5.41 Å². The molecule has 0 bridgehead atoms. The number of anilines is 1. The lowest BCUT2D eigenvalue weighted by Crippen LogP contribution is -2.28. The quantitative estimate of drug-likeness (QED) is 0.843. The fourth-order valence-electron chi connectivity index (χ4n) is 3.20. The minimum Gasteiger partial charge on any atom is -0.381 e. The molecule has 2 fully saturated rings. The van der Waals surface area contributed by atoms with Crippen LogP contribution in [0.3, 0.4) is 0 Å². The van der Waals surface area contributed by atoms with Crippen molar-refractivity contribution in [3.8, 4) is 0 Å². The van der Waals surface area contributed by atoms with E-state index in [1.54, 1.807) is 6.07 Å². The topological polar surface area (TPSA) is 55.5 Å². The molecule has 0 unspecified atom stereocenters. The second-order valence-corrected chi connectivity index (χ2v) is 5.79. The van der Waals surface area contributed by atoms with E-state index in [4.69, 9.17) is 4.74 Å². The zero-order valence-electron chi connectivity index (χ0n) is 11.4. The molecule has 0 aromatic carbocycles. The lowest BCUT2D eigenvalue weighted by Gasteiger charge is -2.22. The molecule has 21 heavy (non-hydrogen) atoms. The summed E-state index contributed by atoms with van der Waals surface area (Å²) in [5.41, 5.74) is 0.544. The molecule has 2 aliphatic heterocycles. The number of fused-ring (bicyclic) bond motifs is 1. The Kier molecular flexibility index (Phi) is 2.81. The molecule has 0 amide bonds. The van der Waals surface area contributed by atoms with Gasteiger partial charge in [-0.05, 0) is 25.0 Å². The van der Waals surface area contributed by atoms with Crippen molar-refractivity contribution < 1.29 is 13.5 Å². The second kappa shape index (κ2) is 4.59. The number of hydrogen-bond donors (Lipinski definition) is 0. The molecule has 2 aliphatic rings. The normalized spacial score (nSPS) is 25.8. The number of alkyl halides is 2. The summed E-state index contributed by atoms with van der Waals surface area (Å²) in [6.07, 6.45) is -0.576. The summed E-state index contributed by atoms with van der Waals surface area (Å²) < 4.78 is 32.4. The number of nitrogens with zero attached hydrogens (tertiary/aromatic N) is 5. The van der Waals surface area contributed by atoms with E-state index in [0.717, 1.165) is 43.7 Å². The summed E-state index contributed by atoms with van der Waals surface area (Å²) in [6, 6.07) is 3.49. The molecule has 0 saturated carbocycles. The Hall–Kier alpha value is -1.83. The van der Waals surface area contributed by atoms with Gasteiger partial charge < -0.3 is 9.64 Å². The van der Waals surface area contributed by atoms with Gasteiger partial charge in [0.25, 0.3) is 6.43 Å². The molecular weight excluding hydrogens is 280 g/mol. The van der Waals surface area contributed by atoms with Crippen LogP contribution in [0.1, 0.15) is 25.1 Å². The maximum atomic E-state index is 12.9. The summed E-state index contributed by atoms with van der Waals surface area (Å²) in [4.78, 5) is 2.13. The summed E-state index contributed by atoms with van der Waals surface area (Å²) in [5, 5.41) is 11.5. The van der Waals surface area contributed by atoms with Crippen LogP contribution in [-0.4, -0.2) is 46.1 Å². The van der Waals surface area contributed by atoms with Gasteiger partial charge >= 0.3 is 0 Å². The average molecular weight is 295 g/mol. The molecule has 0 N–H and O–H groups in total. The third-order valence-electron chi connectivity index (χ3n) is 4.42. The van der Waals surface area contributed by atoms with Crippen LogP contribution in [0.2, 0.25) is 0 Å². The van der Waals surface area contributed by atoms with E-state index in [-0.39, 0.29) is 5.41 Å². The van der Waals surface area contributed by atoms with Gasteiger partial charge in [0.1, 0.15) is 5.82 Å². The molecule has 2 aromatic heterocycles. The maximum absolute atomic E-state index is 12.9. The van der Waals surface area contributed by atoms with Gasteiger partial charge in [-0.15, -0.1) is 15.3 Å². The monoisotopic (exact) mass is 295 g/mol. The van der Waals surface area contributed by atoms with Gasteiger partial charge in [0.2, 0.25) is 5.82 Å². The van der Waals surface area contributed by atoms with Crippen molar-refractivity contribution in [1.82, 2.24) is 19.8 Å². The molecule has 2 saturated heterocycles. The standard InChI is InChI=1S/C13H15F2N5O/c14-11(15)12-17-16-9-1-2-10(18-20(9)12)19-5-3-13(7-19)4-6-21-8-13/h1-2,11H,3-8H2/t13-/m0/s1. The van der Waals surface area contributed by atoms with Crippen LogP contribution in [0.15, 0.2) is 12.1 Å². The summed E-state index contributed by atoms with van der Waals surface area (Å²) >= 11 is 0. The fraction of sp³-hybridized carbons (Fsp3) is 0.615. The number of hydrogen-bond acceptors (Lipinski definition) is 5. The molecule has 112 valence electrons. The van der Waals surface area contributed by atoms with E-state index < -0.39 is 12.2 Å². The van der Waals surface area contributed by atoms with E-state index in [1.165, 1.54) is 0 Å². The lowest BCUT2D eigenvalue weighted by molar-refractivity contribution is 0.137. The van der Waals surface area contributed by atoms with Crippen LogP contribution in [0.5, 0.6) is 0 Å². The Morgan fingerprint density at radius 1 is 1.24 bits per heavy atom. The second-order valence-electron chi connectivity index (χ2n) is 5.79. The first-order chi connectivity index (χ1) is 10.2. The van der Waals surface area contributed by atoms with Crippen molar-refractivity contribution in [3.63, 3.8) is 0 Å². The first kappa shape index (κ1) is 12.9. The van der Waals surface area contributed by atoms with E-state index in [1.807, 2.05) is 6.07 Å². The largest absolute Gasteiger partial charge is 0.381 e. The molecule has 1 spiro atoms. The lowest BCUT2D eigenvalue weighted by atomic mass is 9.87. The van der Waals surface area contributed by atoms with Gasteiger partial charge in [-0.1, -0.05) is 0 Å². The Labute approximate surface area is 119 Å². The average Bonchev–Trinajstić information content (AvgIpc) is 3.19. The van der Waals surface area contributed by atoms with E-state index in [2.05, 4.69) is 20.2 Å². The summed E-state index contributed by atoms with van der Waals surface area (Å²) in [5.74, 6) is 0.276. The highest BCUT2D eigenvalue weighted by atomic mass is 19.3. The zero-order valence-corrected chi connectivity index (χ0v) is 11.4. The van der Waals surface area contributed by atoms with Gasteiger partial charge in [0, 0.05) is 25.1 Å². The van der Waals surface area contributed by atoms with Gasteiger partial charge in [-0.3, -0.25) is 0 Å². The van der Waals surface area contributed by atoms with Gasteiger partial charge in [0.15, 0.2) is 5.65 Å². The molecule has 2 aromatic rings. The highest BCUT2D eigenvalue weighted by Crippen LogP contribution is 2.39. The number of rotatable bonds is 2. The molecular formula is C13H15F2N5O. The number of aromatic nitrogens is 4. The van der Waals surface area contributed by atoms with E-state index >= 15 is 0 Å². The predicted octanol–water partition coefficient (Wildman–Crippen LogP) is 1.68. The highest BCUT2D eigenvalue weighted by Gasteiger charge is 2.41. The predicted molar refractivity (Wildman–Crippen MR) is 70.4 cm³/mol. The summed E-state index contributed by atoms with van der Waals surface area (Å²) in [6.45, 7) is 3.31. The third-order valence-corrected chi connectivity index (χ3v) is 4.42. The van der Waals surface area contributed by atoms with Crippen molar-refractivity contribution >= 4 is 11.5 Å². The minimum absolute atomic E-state index is 0.204. The molecule has 0 radical (unpaired) electrons. The molecule has 0 aliphatic carbocycles. The molecule has 4 rings (SSSR count). The molecule has 4 heterocycles. The zero-order chi connectivity index (χ0) is 14.4. The van der Waals surface area contributed by atoms with Crippen molar-refractivity contribution in [1.29, 1.82) is 0 Å². The Bertz CT molecular complexity index is 668. The molecule has 1 atom stereocenters. The van der Waals surface area contributed by atoms with Crippen LogP contribution in [-0.2, 0) is 4.74 Å². The summed E-state index contributed by atoms with van der Waals surface area (Å²) in [7, 11) is 0. The van der Waals surface area contributed by atoms with Crippen molar-refractivity contribution in [2.45, 2.75) is 19.3 Å². The van der Waals surface area contributed by atoms with Gasteiger partial charge in [0.05, 0.1) is 6.61 Å². The first-order valence-corrected chi connectivity index (χ1v) is 7.00. The maximum Gasteiger partial charge on any atom is 0.299 e. The van der Waals surface area contributed by atoms with Crippen molar-refractivity contribution in [2.75, 3.05) is 31.2 Å². The van der Waals surface area contributed by atoms with E-state index in [0.29, 0.717) is 11.5 Å². The fourth-order valence-corrected chi connectivity index (χ4v) is 3.20. The minimum atomic E-state index is -2.68. The van der Waals surface area contributed by atoms with Crippen molar-refractivity contribution in [2.24, 2.45) is 5.41 Å². The third kappa shape index (κ3) is 2.05. The Morgan fingerprint density at radius 2 is 2.14 bits per heavy atom. The Balaban J connectivity index is 1.66. The number of ether oxygens (including phenoxy) is 1. The van der Waals surface area contributed by atoms with Crippen molar-refractivity contribution in [3.05, 3.63) is 18.0 Å². The van der Waals surface area contributed by atoms with Crippen LogP contribution >= 0.6 is 0 Å². The van der Waals surface area contributed by atoms with E-state index in [9.17, 15) is 8.78 Å². The van der Waals surface area contributed by atoms with Crippen LogP contribution < -0.4 is 4.90 Å². The Morgan fingerprint density at radius 3 is 2.90 bits per heavy atom.